The van der Waals surface area contributed by atoms with Crippen LogP contribution < -0.4 is 0 Å². The molecule has 0 spiro atoms. The van der Waals surface area contributed by atoms with Crippen molar-refractivity contribution in [3.05, 3.63) is 30.6 Å². The van der Waals surface area contributed by atoms with Crippen LogP contribution in [0.25, 0.3) is 0 Å². The van der Waals surface area contributed by atoms with Crippen LogP contribution in [0.1, 0.15) is 0 Å². The standard InChI is InChI=1S/C5H4N.BF4/c1-2-4-6-5-3-1;2-1(3,4)5/h1-2,4-5H;/q;-1. The number of halogens is 4. The molecule has 1 aromatic heterocycles. The summed E-state index contributed by atoms with van der Waals surface area (Å²) in [6.45, 7) is 0. The van der Waals surface area contributed by atoms with Gasteiger partial charge in [-0.05, 0) is 6.07 Å². The van der Waals surface area contributed by atoms with Gasteiger partial charge in [-0.25, -0.2) is 0 Å². The van der Waals surface area contributed by atoms with Gasteiger partial charge in [-0.1, -0.05) is 6.07 Å². The highest BCUT2D eigenvalue weighted by Gasteiger charge is 2.20. The predicted octanol–water partition coefficient (Wildman–Crippen LogP) is 2.18. The Hall–Kier alpha value is -1.07. The quantitative estimate of drug-likeness (QED) is 0.424. The molecule has 0 aromatic carbocycles. The van der Waals surface area contributed by atoms with Gasteiger partial charge in [0, 0.05) is 18.5 Å². The third-order valence-electron chi connectivity index (χ3n) is 0.514. The summed E-state index contributed by atoms with van der Waals surface area (Å²) in [5.74, 6) is 0. The minimum Gasteiger partial charge on any atom is -0.418 e. The van der Waals surface area contributed by atoms with E-state index >= 15 is 0 Å². The fraction of sp³-hybridized carbons (Fsp3) is 0. The summed E-state index contributed by atoms with van der Waals surface area (Å²) >= 11 is 0. The van der Waals surface area contributed by atoms with E-state index in [9.17, 15) is 17.3 Å². The summed E-state index contributed by atoms with van der Waals surface area (Å²) in [7, 11) is -6.00. The molecule has 0 aliphatic rings. The zero-order valence-corrected chi connectivity index (χ0v) is 5.35. The number of pyridine rings is 1. The van der Waals surface area contributed by atoms with Crippen LogP contribution >= 0.6 is 0 Å². The third-order valence-corrected chi connectivity index (χ3v) is 0.514. The van der Waals surface area contributed by atoms with Crippen molar-refractivity contribution in [2.75, 3.05) is 0 Å². The maximum Gasteiger partial charge on any atom is 0.673 e. The summed E-state index contributed by atoms with van der Waals surface area (Å²) in [5, 5.41) is 0. The Morgan fingerprint density at radius 2 is 1.73 bits per heavy atom. The molecule has 11 heavy (non-hydrogen) atoms. The van der Waals surface area contributed by atoms with E-state index < -0.39 is 7.25 Å². The minimum atomic E-state index is -6.00. The average Bonchev–Trinajstić information content (AvgIpc) is 1.88. The molecule has 0 bridgehead atoms. The lowest BCUT2D eigenvalue weighted by Gasteiger charge is -1.94. The van der Waals surface area contributed by atoms with Crippen LogP contribution in [0.4, 0.5) is 17.3 Å². The van der Waals surface area contributed by atoms with Gasteiger partial charge >= 0.3 is 7.25 Å². The lowest BCUT2D eigenvalue weighted by Crippen LogP contribution is -2.02. The van der Waals surface area contributed by atoms with E-state index in [2.05, 4.69) is 11.1 Å². The lowest BCUT2D eigenvalue weighted by molar-refractivity contribution is 0.368. The number of hydrogen-bond acceptors (Lipinski definition) is 1. The molecule has 0 aliphatic heterocycles. The van der Waals surface area contributed by atoms with Gasteiger partial charge in [0.1, 0.15) is 0 Å². The minimum absolute atomic E-state index is 1.62. The third kappa shape index (κ3) is 17.6. The van der Waals surface area contributed by atoms with E-state index in [0.717, 1.165) is 0 Å². The van der Waals surface area contributed by atoms with Crippen molar-refractivity contribution in [2.45, 2.75) is 0 Å². The zero-order valence-electron chi connectivity index (χ0n) is 5.35. The molecular weight excluding hydrogens is 161 g/mol. The van der Waals surface area contributed by atoms with Crippen LogP contribution in [0.2, 0.25) is 0 Å². The second kappa shape index (κ2) is 4.70. The highest BCUT2D eigenvalue weighted by molar-refractivity contribution is 6.50. The summed E-state index contributed by atoms with van der Waals surface area (Å²) < 4.78 is 39.0. The Kier molecular flexibility index (Phi) is 4.25. The number of hydrogen-bond donors (Lipinski definition) is 0. The summed E-state index contributed by atoms with van der Waals surface area (Å²) in [6.07, 6.45) is 3.34. The van der Waals surface area contributed by atoms with Crippen LogP contribution in [0.15, 0.2) is 24.5 Å². The SMILES string of the molecule is F[B-](F)(F)F.[c]1cccnc1. The topological polar surface area (TPSA) is 12.9 Å². The smallest absolute Gasteiger partial charge is 0.418 e. The van der Waals surface area contributed by atoms with Crippen molar-refractivity contribution in [3.8, 4) is 0 Å². The molecular formula is C5H4BF4N-. The molecule has 0 atom stereocenters. The Balaban J connectivity index is 0.000000187. The number of nitrogens with zero attached hydrogens (tertiary/aromatic N) is 1. The van der Waals surface area contributed by atoms with E-state index in [4.69, 9.17) is 0 Å². The van der Waals surface area contributed by atoms with Gasteiger partial charge in [0.15, 0.2) is 0 Å². The first kappa shape index (κ1) is 9.93. The molecule has 0 fully saturated rings. The van der Waals surface area contributed by atoms with Gasteiger partial charge in [-0.15, -0.1) is 0 Å². The van der Waals surface area contributed by atoms with E-state index in [1.807, 2.05) is 12.1 Å². The van der Waals surface area contributed by atoms with Crippen molar-refractivity contribution in [3.63, 3.8) is 0 Å². The molecule has 61 valence electrons. The van der Waals surface area contributed by atoms with Gasteiger partial charge < -0.3 is 17.3 Å². The zero-order chi connectivity index (χ0) is 8.74. The first-order valence-corrected chi connectivity index (χ1v) is 2.63. The normalized spacial score (nSPS) is 9.82. The van der Waals surface area contributed by atoms with Crippen molar-refractivity contribution < 1.29 is 17.3 Å². The van der Waals surface area contributed by atoms with Gasteiger partial charge in [-0.3, -0.25) is 4.98 Å². The highest BCUT2D eigenvalue weighted by Crippen LogP contribution is 2.06. The molecule has 0 aliphatic carbocycles. The second-order valence-corrected chi connectivity index (χ2v) is 1.45. The molecule has 0 N–H and O–H groups in total. The monoisotopic (exact) mass is 165 g/mol. The summed E-state index contributed by atoms with van der Waals surface area (Å²) in [6, 6.07) is 6.43. The molecule has 1 radical (unpaired) electrons. The maximum absolute atomic E-state index is 9.75. The molecule has 0 saturated heterocycles. The molecule has 0 amide bonds. The van der Waals surface area contributed by atoms with Gasteiger partial charge in [-0.2, -0.15) is 0 Å². The molecule has 6 heteroatoms. The fourth-order valence-electron chi connectivity index (χ4n) is 0.277. The van der Waals surface area contributed by atoms with Crippen LogP contribution in [-0.2, 0) is 0 Å². The summed E-state index contributed by atoms with van der Waals surface area (Å²) in [5.41, 5.74) is 0. The fourth-order valence-corrected chi connectivity index (χ4v) is 0.277. The van der Waals surface area contributed by atoms with E-state index in [0.29, 0.717) is 0 Å². The maximum atomic E-state index is 9.75. The van der Waals surface area contributed by atoms with E-state index in [1.165, 1.54) is 0 Å². The van der Waals surface area contributed by atoms with Gasteiger partial charge in [0.05, 0.1) is 0 Å². The average molecular weight is 165 g/mol. The molecule has 1 heterocycles. The number of rotatable bonds is 0. The Morgan fingerprint density at radius 1 is 1.18 bits per heavy atom. The van der Waals surface area contributed by atoms with Crippen molar-refractivity contribution in [1.29, 1.82) is 0 Å². The Morgan fingerprint density at radius 3 is 1.82 bits per heavy atom. The largest absolute Gasteiger partial charge is 0.673 e. The molecule has 1 nitrogen and oxygen atoms in total. The predicted molar refractivity (Wildman–Crippen MR) is 33.3 cm³/mol. The van der Waals surface area contributed by atoms with Crippen LogP contribution in [0.3, 0.4) is 0 Å². The second-order valence-electron chi connectivity index (χ2n) is 1.45. The van der Waals surface area contributed by atoms with Crippen LogP contribution in [-0.4, -0.2) is 12.2 Å². The van der Waals surface area contributed by atoms with Crippen molar-refractivity contribution >= 4 is 7.25 Å². The van der Waals surface area contributed by atoms with Gasteiger partial charge in [0.2, 0.25) is 0 Å². The first-order valence-electron chi connectivity index (χ1n) is 2.63. The molecule has 1 aromatic rings. The highest BCUT2D eigenvalue weighted by atomic mass is 19.5. The first-order chi connectivity index (χ1) is 5.00. The van der Waals surface area contributed by atoms with Crippen LogP contribution in [0, 0.1) is 6.07 Å². The summed E-state index contributed by atoms with van der Waals surface area (Å²) in [4.78, 5) is 3.73. The van der Waals surface area contributed by atoms with E-state index in [1.54, 1.807) is 12.4 Å². The molecule has 0 unspecified atom stereocenters. The van der Waals surface area contributed by atoms with E-state index in [-0.39, 0.29) is 0 Å². The van der Waals surface area contributed by atoms with Crippen LogP contribution in [0.5, 0.6) is 0 Å². The molecule has 1 rings (SSSR count). The lowest BCUT2D eigenvalue weighted by atomic mass is 10.3. The molecule has 0 saturated carbocycles. The number of aromatic nitrogens is 1. The Labute approximate surface area is 61.2 Å². The van der Waals surface area contributed by atoms with Gasteiger partial charge in [0.25, 0.3) is 0 Å². The Bertz CT molecular complexity index is 143. The van der Waals surface area contributed by atoms with Crippen molar-refractivity contribution in [1.82, 2.24) is 4.98 Å². The van der Waals surface area contributed by atoms with Crippen molar-refractivity contribution in [2.24, 2.45) is 0 Å².